The number of hydrogen-bond acceptors (Lipinski definition) is 2. The van der Waals surface area contributed by atoms with Gasteiger partial charge in [-0.25, -0.2) is 0 Å². The molecular weight excluding hydrogens is 140 g/mol. The minimum atomic E-state index is -0.0550. The van der Waals surface area contributed by atoms with Crippen molar-refractivity contribution in [3.05, 3.63) is 11.6 Å². The molecule has 60 valence electrons. The van der Waals surface area contributed by atoms with Crippen molar-refractivity contribution in [1.82, 2.24) is 0 Å². The molecule has 0 spiro atoms. The zero-order valence-corrected chi connectivity index (χ0v) is 6.51. The summed E-state index contributed by atoms with van der Waals surface area (Å²) in [6.07, 6.45) is 7.33. The van der Waals surface area contributed by atoms with Gasteiger partial charge in [0, 0.05) is 0 Å². The lowest BCUT2D eigenvalue weighted by molar-refractivity contribution is -0.148. The van der Waals surface area contributed by atoms with Crippen LogP contribution < -0.4 is 0 Å². The molecule has 1 saturated carbocycles. The molecule has 1 unspecified atom stereocenters. The van der Waals surface area contributed by atoms with E-state index in [1.165, 1.54) is 18.4 Å². The van der Waals surface area contributed by atoms with E-state index in [0.29, 0.717) is 6.42 Å². The summed E-state index contributed by atoms with van der Waals surface area (Å²) < 4.78 is 5.18. The summed E-state index contributed by atoms with van der Waals surface area (Å²) in [5, 5.41) is 0. The Kier molecular flexibility index (Phi) is 1.68. The first kappa shape index (κ1) is 6.89. The van der Waals surface area contributed by atoms with Gasteiger partial charge >= 0.3 is 5.97 Å². The van der Waals surface area contributed by atoms with Crippen LogP contribution in [0.2, 0.25) is 0 Å². The van der Waals surface area contributed by atoms with Crippen LogP contribution in [-0.2, 0) is 9.53 Å². The number of hydrogen-bond donors (Lipinski definition) is 0. The number of rotatable bonds is 0. The van der Waals surface area contributed by atoms with Crippen LogP contribution in [0, 0.1) is 0 Å². The third-order valence-corrected chi connectivity index (χ3v) is 2.40. The van der Waals surface area contributed by atoms with Crippen molar-refractivity contribution >= 4 is 5.97 Å². The van der Waals surface area contributed by atoms with Crippen molar-refractivity contribution < 1.29 is 9.53 Å². The molecule has 0 N–H and O–H groups in total. The van der Waals surface area contributed by atoms with Gasteiger partial charge in [-0.1, -0.05) is 6.08 Å². The molecule has 0 radical (unpaired) electrons. The van der Waals surface area contributed by atoms with Gasteiger partial charge in [-0.3, -0.25) is 4.79 Å². The SMILES string of the molecule is O=C1CC=C2CCCCC2O1. The highest BCUT2D eigenvalue weighted by Crippen LogP contribution is 2.29. The van der Waals surface area contributed by atoms with Gasteiger partial charge in [0.15, 0.2) is 0 Å². The summed E-state index contributed by atoms with van der Waals surface area (Å²) in [5.74, 6) is -0.0550. The maximum Gasteiger partial charge on any atom is 0.310 e. The summed E-state index contributed by atoms with van der Waals surface area (Å²) in [6.45, 7) is 0. The molecule has 2 nitrogen and oxygen atoms in total. The third kappa shape index (κ3) is 1.30. The lowest BCUT2D eigenvalue weighted by Gasteiger charge is -2.28. The Morgan fingerprint density at radius 3 is 3.27 bits per heavy atom. The number of fused-ring (bicyclic) bond motifs is 1. The summed E-state index contributed by atoms with van der Waals surface area (Å²) in [5.41, 5.74) is 1.36. The van der Waals surface area contributed by atoms with Crippen molar-refractivity contribution in [2.45, 2.75) is 38.2 Å². The minimum absolute atomic E-state index is 0.0550. The van der Waals surface area contributed by atoms with E-state index in [2.05, 4.69) is 6.08 Å². The summed E-state index contributed by atoms with van der Waals surface area (Å²) in [4.78, 5) is 10.9. The maximum atomic E-state index is 10.9. The van der Waals surface area contributed by atoms with Crippen LogP contribution in [0.5, 0.6) is 0 Å². The van der Waals surface area contributed by atoms with E-state index in [4.69, 9.17) is 4.74 Å². The summed E-state index contributed by atoms with van der Waals surface area (Å²) >= 11 is 0. The van der Waals surface area contributed by atoms with Crippen LogP contribution in [0.25, 0.3) is 0 Å². The topological polar surface area (TPSA) is 26.3 Å². The largest absolute Gasteiger partial charge is 0.458 e. The van der Waals surface area contributed by atoms with Crippen molar-refractivity contribution in [2.75, 3.05) is 0 Å². The van der Waals surface area contributed by atoms with Crippen molar-refractivity contribution in [1.29, 1.82) is 0 Å². The molecule has 1 fully saturated rings. The second-order valence-corrected chi connectivity index (χ2v) is 3.21. The highest BCUT2D eigenvalue weighted by molar-refractivity contribution is 5.73. The molecule has 2 rings (SSSR count). The molecule has 0 amide bonds. The van der Waals surface area contributed by atoms with Crippen LogP contribution in [0.1, 0.15) is 32.1 Å². The quantitative estimate of drug-likeness (QED) is 0.391. The van der Waals surface area contributed by atoms with Gasteiger partial charge in [-0.05, 0) is 31.3 Å². The molecule has 2 aliphatic rings. The van der Waals surface area contributed by atoms with Crippen molar-refractivity contribution in [3.63, 3.8) is 0 Å². The molecule has 0 aromatic heterocycles. The van der Waals surface area contributed by atoms with Crippen molar-refractivity contribution in [2.24, 2.45) is 0 Å². The fourth-order valence-corrected chi connectivity index (χ4v) is 1.79. The molecule has 11 heavy (non-hydrogen) atoms. The second kappa shape index (κ2) is 2.68. The van der Waals surface area contributed by atoms with E-state index in [1.54, 1.807) is 0 Å². The van der Waals surface area contributed by atoms with Gasteiger partial charge in [0.25, 0.3) is 0 Å². The molecule has 1 aliphatic carbocycles. The van der Waals surface area contributed by atoms with E-state index >= 15 is 0 Å². The Balaban J connectivity index is 2.14. The van der Waals surface area contributed by atoms with E-state index in [0.717, 1.165) is 12.8 Å². The maximum absolute atomic E-state index is 10.9. The predicted molar refractivity (Wildman–Crippen MR) is 41.0 cm³/mol. The predicted octanol–water partition coefficient (Wildman–Crippen LogP) is 1.80. The summed E-state index contributed by atoms with van der Waals surface area (Å²) in [7, 11) is 0. The lowest BCUT2D eigenvalue weighted by atomic mass is 9.90. The third-order valence-electron chi connectivity index (χ3n) is 2.40. The Labute approximate surface area is 66.2 Å². The van der Waals surface area contributed by atoms with Crippen LogP contribution in [0.3, 0.4) is 0 Å². The average molecular weight is 152 g/mol. The number of carbonyl (C=O) groups excluding carboxylic acids is 1. The molecule has 1 aliphatic heterocycles. The summed E-state index contributed by atoms with van der Waals surface area (Å²) in [6, 6.07) is 0. The Morgan fingerprint density at radius 1 is 1.45 bits per heavy atom. The monoisotopic (exact) mass is 152 g/mol. The van der Waals surface area contributed by atoms with Gasteiger partial charge in [0.2, 0.25) is 0 Å². The van der Waals surface area contributed by atoms with Gasteiger partial charge in [-0.2, -0.15) is 0 Å². The molecule has 2 heteroatoms. The molecule has 0 saturated heterocycles. The number of esters is 1. The first-order chi connectivity index (χ1) is 5.36. The van der Waals surface area contributed by atoms with E-state index in [9.17, 15) is 4.79 Å². The number of ether oxygens (including phenoxy) is 1. The van der Waals surface area contributed by atoms with Gasteiger partial charge in [0.1, 0.15) is 6.10 Å². The standard InChI is InChI=1S/C9H12O2/c10-9-6-5-7-3-1-2-4-8(7)11-9/h5,8H,1-4,6H2. The highest BCUT2D eigenvalue weighted by Gasteiger charge is 2.25. The molecule has 1 atom stereocenters. The van der Waals surface area contributed by atoms with Crippen LogP contribution in [-0.4, -0.2) is 12.1 Å². The Bertz CT molecular complexity index is 206. The second-order valence-electron chi connectivity index (χ2n) is 3.21. The van der Waals surface area contributed by atoms with Crippen LogP contribution in [0.4, 0.5) is 0 Å². The average Bonchev–Trinajstić information content (AvgIpc) is 2.04. The normalized spacial score (nSPS) is 30.4. The lowest BCUT2D eigenvalue weighted by Crippen LogP contribution is -2.26. The first-order valence-electron chi connectivity index (χ1n) is 4.24. The molecular formula is C9H12O2. The van der Waals surface area contributed by atoms with Gasteiger partial charge < -0.3 is 4.74 Å². The van der Waals surface area contributed by atoms with E-state index < -0.39 is 0 Å². The molecule has 0 bridgehead atoms. The Morgan fingerprint density at radius 2 is 2.36 bits per heavy atom. The smallest absolute Gasteiger partial charge is 0.310 e. The Hall–Kier alpha value is -0.790. The van der Waals surface area contributed by atoms with E-state index in [-0.39, 0.29) is 12.1 Å². The minimum Gasteiger partial charge on any atom is -0.458 e. The van der Waals surface area contributed by atoms with Gasteiger partial charge in [-0.15, -0.1) is 0 Å². The fraction of sp³-hybridized carbons (Fsp3) is 0.667. The molecule has 0 aromatic rings. The molecule has 1 heterocycles. The van der Waals surface area contributed by atoms with E-state index in [1.807, 2.05) is 0 Å². The van der Waals surface area contributed by atoms with Gasteiger partial charge in [0.05, 0.1) is 6.42 Å². The van der Waals surface area contributed by atoms with Crippen molar-refractivity contribution in [3.8, 4) is 0 Å². The van der Waals surface area contributed by atoms with Crippen LogP contribution in [0.15, 0.2) is 11.6 Å². The molecule has 0 aromatic carbocycles. The van der Waals surface area contributed by atoms with Crippen LogP contribution >= 0.6 is 0 Å². The zero-order chi connectivity index (χ0) is 7.68. The zero-order valence-electron chi connectivity index (χ0n) is 6.51. The fourth-order valence-electron chi connectivity index (χ4n) is 1.79. The highest BCUT2D eigenvalue weighted by atomic mass is 16.5. The first-order valence-corrected chi connectivity index (χ1v) is 4.24. The number of carbonyl (C=O) groups is 1.